The van der Waals surface area contributed by atoms with Crippen LogP contribution < -0.4 is 16.4 Å². The van der Waals surface area contributed by atoms with Gasteiger partial charge in [0.2, 0.25) is 0 Å². The number of rotatable bonds is 6. The van der Waals surface area contributed by atoms with Crippen molar-refractivity contribution in [3.05, 3.63) is 23.5 Å². The summed E-state index contributed by atoms with van der Waals surface area (Å²) in [5.74, 6) is 0.277. The molecule has 1 amide bonds. The molecule has 0 aliphatic heterocycles. The molecule has 6 heteroatoms. The predicted molar refractivity (Wildman–Crippen MR) is 72.3 cm³/mol. The van der Waals surface area contributed by atoms with E-state index in [-0.39, 0.29) is 11.9 Å². The normalized spacial score (nSPS) is 23.1. The van der Waals surface area contributed by atoms with E-state index < -0.39 is 5.38 Å². The van der Waals surface area contributed by atoms with Crippen molar-refractivity contribution in [2.75, 3.05) is 26.7 Å². The molecule has 0 saturated carbocycles. The number of hydrogen-bond donors (Lipinski definition) is 3. The second-order valence-corrected chi connectivity index (χ2v) is 4.45. The van der Waals surface area contributed by atoms with Gasteiger partial charge < -0.3 is 21.1 Å². The number of ether oxygens (including phenoxy) is 1. The van der Waals surface area contributed by atoms with Gasteiger partial charge in [0.25, 0.3) is 5.91 Å². The Morgan fingerprint density at radius 3 is 2.83 bits per heavy atom. The second-order valence-electron chi connectivity index (χ2n) is 3.95. The predicted octanol–water partition coefficient (Wildman–Crippen LogP) is 0.117. The number of alkyl halides is 1. The zero-order valence-electron chi connectivity index (χ0n) is 10.7. The summed E-state index contributed by atoms with van der Waals surface area (Å²) in [6.07, 6.45) is 3.30. The van der Waals surface area contributed by atoms with Crippen LogP contribution in [-0.4, -0.2) is 44.1 Å². The molecule has 0 aromatic rings. The van der Waals surface area contributed by atoms with Gasteiger partial charge in [0.05, 0.1) is 18.1 Å². The lowest BCUT2D eigenvalue weighted by Gasteiger charge is -2.21. The number of nitrogens with two attached hydrogens (primary N) is 1. The lowest BCUT2D eigenvalue weighted by molar-refractivity contribution is -0.117. The molecular weight excluding hydrogens is 254 g/mol. The highest BCUT2D eigenvalue weighted by atomic mass is 35.5. The van der Waals surface area contributed by atoms with E-state index in [4.69, 9.17) is 22.1 Å². The average Bonchev–Trinajstić information content (AvgIpc) is 2.37. The second kappa shape index (κ2) is 7.41. The third kappa shape index (κ3) is 4.01. The van der Waals surface area contributed by atoms with Gasteiger partial charge in [-0.1, -0.05) is 6.92 Å². The zero-order chi connectivity index (χ0) is 13.5. The van der Waals surface area contributed by atoms with Crippen molar-refractivity contribution in [1.82, 2.24) is 10.6 Å². The number of carbonyl (C=O) groups is 1. The molecule has 2 atom stereocenters. The highest BCUT2D eigenvalue weighted by Crippen LogP contribution is 2.22. The third-order valence-electron chi connectivity index (χ3n) is 2.60. The number of carbonyl (C=O) groups excluding carboxylic acids is 1. The van der Waals surface area contributed by atoms with Crippen molar-refractivity contribution in [3.8, 4) is 0 Å². The maximum atomic E-state index is 12.0. The Morgan fingerprint density at radius 2 is 2.22 bits per heavy atom. The van der Waals surface area contributed by atoms with Crippen molar-refractivity contribution in [2.24, 2.45) is 5.73 Å². The molecule has 1 aliphatic carbocycles. The number of amides is 1. The number of nitrogens with one attached hydrogen (secondary N) is 2. The van der Waals surface area contributed by atoms with Gasteiger partial charge in [-0.2, -0.15) is 0 Å². The summed E-state index contributed by atoms with van der Waals surface area (Å²) in [6.45, 7) is 4.17. The molecule has 102 valence electrons. The average molecular weight is 274 g/mol. The lowest BCUT2D eigenvalue weighted by atomic mass is 10.0. The van der Waals surface area contributed by atoms with Crippen LogP contribution in [0.4, 0.5) is 0 Å². The van der Waals surface area contributed by atoms with Gasteiger partial charge in [-0.15, -0.1) is 11.6 Å². The number of methoxy groups -OCH3 is 1. The van der Waals surface area contributed by atoms with E-state index in [2.05, 4.69) is 10.6 Å². The lowest BCUT2D eigenvalue weighted by Crippen LogP contribution is -2.37. The molecule has 0 heterocycles. The maximum absolute atomic E-state index is 12.0. The first-order valence-corrected chi connectivity index (χ1v) is 6.40. The van der Waals surface area contributed by atoms with E-state index in [1.54, 1.807) is 12.2 Å². The van der Waals surface area contributed by atoms with Crippen molar-refractivity contribution in [3.63, 3.8) is 0 Å². The Labute approximate surface area is 112 Å². The molecule has 4 N–H and O–H groups in total. The Morgan fingerprint density at radius 1 is 1.50 bits per heavy atom. The first-order chi connectivity index (χ1) is 8.60. The Hall–Kier alpha value is -1.04. The molecule has 0 radical (unpaired) electrons. The fourth-order valence-electron chi connectivity index (χ4n) is 1.61. The largest absolute Gasteiger partial charge is 0.496 e. The summed E-state index contributed by atoms with van der Waals surface area (Å²) < 4.78 is 5.15. The Bertz CT molecular complexity index is 355. The quantitative estimate of drug-likeness (QED) is 0.475. The van der Waals surface area contributed by atoms with Gasteiger partial charge in [-0.05, 0) is 18.7 Å². The minimum absolute atomic E-state index is 0.196. The fraction of sp³-hybridized carbons (Fsp3) is 0.583. The van der Waals surface area contributed by atoms with E-state index in [9.17, 15) is 4.79 Å². The van der Waals surface area contributed by atoms with Crippen molar-refractivity contribution < 1.29 is 9.53 Å². The Kier molecular flexibility index (Phi) is 6.18. The molecule has 0 bridgehead atoms. The molecule has 1 aliphatic rings. The molecule has 0 spiro atoms. The van der Waals surface area contributed by atoms with E-state index in [1.165, 1.54) is 7.11 Å². The minimum atomic E-state index is -0.390. The van der Waals surface area contributed by atoms with Gasteiger partial charge in [-0.3, -0.25) is 4.79 Å². The molecule has 1 rings (SSSR count). The van der Waals surface area contributed by atoms with Crippen molar-refractivity contribution >= 4 is 17.5 Å². The van der Waals surface area contributed by atoms with Crippen LogP contribution in [0.3, 0.4) is 0 Å². The number of hydrogen-bond acceptors (Lipinski definition) is 4. The zero-order valence-corrected chi connectivity index (χ0v) is 11.5. The summed E-state index contributed by atoms with van der Waals surface area (Å²) in [6, 6.07) is -0.333. The van der Waals surface area contributed by atoms with Crippen LogP contribution in [0.25, 0.3) is 0 Å². The van der Waals surface area contributed by atoms with Crippen molar-refractivity contribution in [1.29, 1.82) is 0 Å². The summed E-state index contributed by atoms with van der Waals surface area (Å²) in [4.78, 5) is 12.0. The molecule has 2 unspecified atom stereocenters. The first kappa shape index (κ1) is 15.0. The Balaban J connectivity index is 2.60. The third-order valence-corrected chi connectivity index (χ3v) is 3.02. The van der Waals surface area contributed by atoms with E-state index in [0.29, 0.717) is 17.9 Å². The van der Waals surface area contributed by atoms with Crippen LogP contribution in [0.1, 0.15) is 6.92 Å². The molecule has 18 heavy (non-hydrogen) atoms. The van der Waals surface area contributed by atoms with Crippen LogP contribution in [-0.2, 0) is 9.53 Å². The van der Waals surface area contributed by atoms with Gasteiger partial charge in [0.1, 0.15) is 5.76 Å². The molecule has 0 fully saturated rings. The molecule has 0 saturated heterocycles. The van der Waals surface area contributed by atoms with Gasteiger partial charge in [0.15, 0.2) is 0 Å². The topological polar surface area (TPSA) is 76.4 Å². The standard InChI is InChI=1S/C12H20ClN3O2/c1-3-15-4-5-16-12(17)8-6-9(13)10(14)7-11(8)18-2/h6-7,9-10,15H,3-5,14H2,1-2H3,(H,16,17). The van der Waals surface area contributed by atoms with E-state index >= 15 is 0 Å². The highest BCUT2D eigenvalue weighted by molar-refractivity contribution is 6.23. The minimum Gasteiger partial charge on any atom is -0.496 e. The summed E-state index contributed by atoms with van der Waals surface area (Å²) >= 11 is 6.02. The fourth-order valence-corrected chi connectivity index (χ4v) is 1.81. The molecule has 0 aromatic heterocycles. The highest BCUT2D eigenvalue weighted by Gasteiger charge is 2.25. The monoisotopic (exact) mass is 273 g/mol. The maximum Gasteiger partial charge on any atom is 0.254 e. The number of likely N-dealkylation sites (N-methyl/N-ethyl adjacent to an activating group) is 1. The van der Waals surface area contributed by atoms with Crippen LogP contribution in [0.15, 0.2) is 23.5 Å². The van der Waals surface area contributed by atoms with E-state index in [0.717, 1.165) is 13.1 Å². The van der Waals surface area contributed by atoms with Crippen molar-refractivity contribution in [2.45, 2.75) is 18.3 Å². The molecule has 5 nitrogen and oxygen atoms in total. The smallest absolute Gasteiger partial charge is 0.254 e. The molecule has 0 aromatic carbocycles. The molecular formula is C12H20ClN3O2. The summed E-state index contributed by atoms with van der Waals surface area (Å²) in [5.41, 5.74) is 6.21. The summed E-state index contributed by atoms with van der Waals surface area (Å²) in [5, 5.41) is 5.53. The SMILES string of the molecule is CCNCCNC(=O)C1=CC(Cl)C(N)C=C1OC. The van der Waals surface area contributed by atoms with Gasteiger partial charge in [0, 0.05) is 19.1 Å². The van der Waals surface area contributed by atoms with Crippen LogP contribution in [0, 0.1) is 0 Å². The van der Waals surface area contributed by atoms with Crippen LogP contribution in [0.2, 0.25) is 0 Å². The number of halogens is 1. The first-order valence-electron chi connectivity index (χ1n) is 5.96. The van der Waals surface area contributed by atoms with Crippen LogP contribution >= 0.6 is 11.6 Å². The van der Waals surface area contributed by atoms with Gasteiger partial charge in [-0.25, -0.2) is 0 Å². The van der Waals surface area contributed by atoms with Gasteiger partial charge >= 0.3 is 0 Å². The summed E-state index contributed by atoms with van der Waals surface area (Å²) in [7, 11) is 1.51. The van der Waals surface area contributed by atoms with Crippen LogP contribution in [0.5, 0.6) is 0 Å². The van der Waals surface area contributed by atoms with E-state index in [1.807, 2.05) is 6.92 Å².